The summed E-state index contributed by atoms with van der Waals surface area (Å²) in [6.45, 7) is 0. The molecule has 0 aliphatic rings. The number of carbonyl (C=O) groups is 1. The van der Waals surface area contributed by atoms with Crippen LogP contribution in [0.1, 0.15) is 10.4 Å². The maximum atomic E-state index is 12.4. The zero-order valence-electron chi connectivity index (χ0n) is 13.6. The largest absolute Gasteiger partial charge is 0.324 e. The van der Waals surface area contributed by atoms with Crippen LogP contribution in [0.5, 0.6) is 0 Å². The van der Waals surface area contributed by atoms with Gasteiger partial charge in [0.1, 0.15) is 0 Å². The van der Waals surface area contributed by atoms with E-state index in [0.717, 1.165) is 16.9 Å². The summed E-state index contributed by atoms with van der Waals surface area (Å²) in [5.74, 6) is -0.180. The lowest BCUT2D eigenvalue weighted by Gasteiger charge is -2.05. The van der Waals surface area contributed by atoms with Crippen LogP contribution in [-0.4, -0.2) is 15.5 Å². The summed E-state index contributed by atoms with van der Waals surface area (Å²) in [7, 11) is 0. The Morgan fingerprint density at radius 3 is 2.38 bits per heavy atom. The van der Waals surface area contributed by atoms with Crippen molar-refractivity contribution < 1.29 is 4.79 Å². The molecular formula is C20H14ClN3OS. The Hall–Kier alpha value is -2.89. The molecule has 1 amide bonds. The van der Waals surface area contributed by atoms with Crippen LogP contribution in [0, 0.1) is 0 Å². The van der Waals surface area contributed by atoms with Crippen LogP contribution in [-0.2, 0) is 0 Å². The first-order chi connectivity index (χ1) is 12.7. The van der Waals surface area contributed by atoms with Gasteiger partial charge in [0.15, 0.2) is 5.13 Å². The Kier molecular flexibility index (Phi) is 4.56. The van der Waals surface area contributed by atoms with Crippen LogP contribution in [0.4, 0.5) is 5.13 Å². The lowest BCUT2D eigenvalue weighted by molar-refractivity contribution is 0.102. The summed E-state index contributed by atoms with van der Waals surface area (Å²) in [6, 6.07) is 18.8. The maximum absolute atomic E-state index is 12.4. The number of carbonyl (C=O) groups excluding carboxylic acids is 1. The number of amides is 1. The summed E-state index contributed by atoms with van der Waals surface area (Å²) in [5.41, 5.74) is 3.36. The molecule has 6 heteroatoms. The molecule has 0 aliphatic carbocycles. The highest BCUT2D eigenvalue weighted by Gasteiger charge is 2.10. The maximum Gasteiger partial charge on any atom is 0.257 e. The van der Waals surface area contributed by atoms with Crippen LogP contribution in [0.2, 0.25) is 5.02 Å². The minimum Gasteiger partial charge on any atom is -0.324 e. The molecule has 0 spiro atoms. The second-order valence-corrected chi connectivity index (χ2v) is 6.93. The zero-order chi connectivity index (χ0) is 17.9. The third-order valence-corrected chi connectivity index (χ3v) is 4.91. The first-order valence-electron chi connectivity index (χ1n) is 7.95. The van der Waals surface area contributed by atoms with Crippen LogP contribution in [0.15, 0.2) is 78.4 Å². The normalized spacial score (nSPS) is 10.7. The lowest BCUT2D eigenvalue weighted by Crippen LogP contribution is -2.11. The molecule has 0 aliphatic heterocycles. The molecule has 2 aromatic heterocycles. The summed E-state index contributed by atoms with van der Waals surface area (Å²) >= 11 is 7.30. The van der Waals surface area contributed by atoms with Crippen molar-refractivity contribution in [3.05, 3.63) is 89.0 Å². The van der Waals surface area contributed by atoms with E-state index in [2.05, 4.69) is 10.3 Å². The number of hydrogen-bond acceptors (Lipinski definition) is 3. The molecule has 26 heavy (non-hydrogen) atoms. The van der Waals surface area contributed by atoms with E-state index in [1.54, 1.807) is 12.1 Å². The molecule has 4 aromatic rings. The molecule has 0 radical (unpaired) electrons. The second kappa shape index (κ2) is 7.15. The van der Waals surface area contributed by atoms with E-state index >= 15 is 0 Å². The Balaban J connectivity index is 1.47. The number of halogens is 1. The van der Waals surface area contributed by atoms with Crippen molar-refractivity contribution in [1.82, 2.24) is 9.55 Å². The third-order valence-electron chi connectivity index (χ3n) is 3.90. The van der Waals surface area contributed by atoms with Gasteiger partial charge in [-0.2, -0.15) is 0 Å². The topological polar surface area (TPSA) is 46.9 Å². The minimum atomic E-state index is -0.180. The average Bonchev–Trinajstić information content (AvgIpc) is 3.35. The van der Waals surface area contributed by atoms with E-state index in [4.69, 9.17) is 11.6 Å². The predicted molar refractivity (Wildman–Crippen MR) is 106 cm³/mol. The van der Waals surface area contributed by atoms with Gasteiger partial charge in [-0.15, -0.1) is 11.3 Å². The number of hydrogen-bond donors (Lipinski definition) is 1. The lowest BCUT2D eigenvalue weighted by atomic mass is 10.2. The van der Waals surface area contributed by atoms with Crippen molar-refractivity contribution in [2.45, 2.75) is 0 Å². The molecule has 4 nitrogen and oxygen atoms in total. The fourth-order valence-electron chi connectivity index (χ4n) is 2.55. The molecule has 4 rings (SSSR count). The number of anilines is 1. The fourth-order valence-corrected chi connectivity index (χ4v) is 3.39. The van der Waals surface area contributed by atoms with Gasteiger partial charge < -0.3 is 4.57 Å². The number of nitrogens with one attached hydrogen (secondary N) is 1. The number of benzene rings is 2. The van der Waals surface area contributed by atoms with Gasteiger partial charge in [0.05, 0.1) is 5.69 Å². The van der Waals surface area contributed by atoms with Gasteiger partial charge in [0, 0.05) is 39.6 Å². The molecular weight excluding hydrogens is 366 g/mol. The van der Waals surface area contributed by atoms with E-state index in [9.17, 15) is 4.79 Å². The van der Waals surface area contributed by atoms with Crippen LogP contribution < -0.4 is 5.32 Å². The van der Waals surface area contributed by atoms with Gasteiger partial charge in [-0.25, -0.2) is 4.98 Å². The molecule has 0 saturated carbocycles. The van der Waals surface area contributed by atoms with Gasteiger partial charge >= 0.3 is 0 Å². The van der Waals surface area contributed by atoms with Gasteiger partial charge in [0.25, 0.3) is 5.91 Å². The smallest absolute Gasteiger partial charge is 0.257 e. The second-order valence-electron chi connectivity index (χ2n) is 5.64. The molecule has 0 atom stereocenters. The highest BCUT2D eigenvalue weighted by molar-refractivity contribution is 7.14. The van der Waals surface area contributed by atoms with E-state index in [-0.39, 0.29) is 5.91 Å². The molecule has 0 unspecified atom stereocenters. The van der Waals surface area contributed by atoms with Crippen LogP contribution in [0.3, 0.4) is 0 Å². The quantitative estimate of drug-likeness (QED) is 0.508. The fraction of sp³-hybridized carbons (Fsp3) is 0. The summed E-state index contributed by atoms with van der Waals surface area (Å²) in [4.78, 5) is 16.9. The zero-order valence-corrected chi connectivity index (χ0v) is 15.2. The molecule has 0 saturated heterocycles. The van der Waals surface area contributed by atoms with Crippen molar-refractivity contribution in [1.29, 1.82) is 0 Å². The van der Waals surface area contributed by atoms with Gasteiger partial charge in [-0.05, 0) is 48.5 Å². The molecule has 1 N–H and O–H groups in total. The van der Waals surface area contributed by atoms with Crippen molar-refractivity contribution >= 4 is 34.0 Å². The monoisotopic (exact) mass is 379 g/mol. The number of aromatic nitrogens is 2. The van der Waals surface area contributed by atoms with Gasteiger partial charge in [-0.3, -0.25) is 10.1 Å². The summed E-state index contributed by atoms with van der Waals surface area (Å²) in [5, 5.41) is 6.01. The van der Waals surface area contributed by atoms with Crippen molar-refractivity contribution in [2.75, 3.05) is 5.32 Å². The molecule has 2 heterocycles. The molecule has 0 bridgehead atoms. The highest BCUT2D eigenvalue weighted by atomic mass is 35.5. The van der Waals surface area contributed by atoms with Gasteiger partial charge in [-0.1, -0.05) is 23.7 Å². The van der Waals surface area contributed by atoms with E-state index in [0.29, 0.717) is 15.7 Å². The van der Waals surface area contributed by atoms with E-state index in [1.807, 2.05) is 70.9 Å². The third kappa shape index (κ3) is 3.54. The highest BCUT2D eigenvalue weighted by Crippen LogP contribution is 2.26. The van der Waals surface area contributed by atoms with Crippen molar-refractivity contribution in [3.8, 4) is 16.9 Å². The molecule has 0 fully saturated rings. The summed E-state index contributed by atoms with van der Waals surface area (Å²) < 4.78 is 1.99. The first kappa shape index (κ1) is 16.6. The van der Waals surface area contributed by atoms with Gasteiger partial charge in [0.2, 0.25) is 0 Å². The standard InChI is InChI=1S/C20H14ClN3OS/c21-16-7-3-14(4-8-16)18-13-26-20(22-18)23-19(25)15-5-9-17(10-6-15)24-11-1-2-12-24/h1-13H,(H,22,23,25). The number of rotatable bonds is 4. The minimum absolute atomic E-state index is 0.180. The number of thiazole rings is 1. The summed E-state index contributed by atoms with van der Waals surface area (Å²) in [6.07, 6.45) is 3.92. The molecule has 2 aromatic carbocycles. The first-order valence-corrected chi connectivity index (χ1v) is 9.21. The Labute approximate surface area is 159 Å². The van der Waals surface area contributed by atoms with Crippen LogP contribution in [0.25, 0.3) is 16.9 Å². The van der Waals surface area contributed by atoms with E-state index < -0.39 is 0 Å². The van der Waals surface area contributed by atoms with Crippen LogP contribution >= 0.6 is 22.9 Å². The number of nitrogens with zero attached hydrogens (tertiary/aromatic N) is 2. The van der Waals surface area contributed by atoms with Crippen molar-refractivity contribution in [3.63, 3.8) is 0 Å². The predicted octanol–water partition coefficient (Wildman–Crippen LogP) is 5.51. The molecule has 128 valence electrons. The Morgan fingerprint density at radius 2 is 1.69 bits per heavy atom. The SMILES string of the molecule is O=C(Nc1nc(-c2ccc(Cl)cc2)cs1)c1ccc(-n2cccc2)cc1. The van der Waals surface area contributed by atoms with E-state index in [1.165, 1.54) is 11.3 Å². The van der Waals surface area contributed by atoms with Crippen molar-refractivity contribution in [2.24, 2.45) is 0 Å². The average molecular weight is 380 g/mol. The Bertz CT molecular complexity index is 1020. The Morgan fingerprint density at radius 1 is 1.00 bits per heavy atom.